The summed E-state index contributed by atoms with van der Waals surface area (Å²) in [5.41, 5.74) is 6.33. The lowest BCUT2D eigenvalue weighted by Crippen LogP contribution is -2.32. The van der Waals surface area contributed by atoms with Crippen LogP contribution >= 0.6 is 23.1 Å². The first kappa shape index (κ1) is 16.0. The van der Waals surface area contributed by atoms with Gasteiger partial charge < -0.3 is 5.73 Å². The summed E-state index contributed by atoms with van der Waals surface area (Å²) in [5.74, 6) is 2.03. The van der Waals surface area contributed by atoms with Crippen molar-refractivity contribution in [3.05, 3.63) is 17.0 Å². The minimum atomic E-state index is -3.38. The Hall–Kier alpha value is -0.0800. The van der Waals surface area contributed by atoms with Crippen LogP contribution in [0.25, 0.3) is 0 Å². The average molecular weight is 308 g/mol. The van der Waals surface area contributed by atoms with E-state index in [0.29, 0.717) is 10.8 Å². The highest BCUT2D eigenvalue weighted by molar-refractivity contribution is 7.99. The molecule has 0 aromatic carbocycles. The Bertz CT molecular complexity index is 457. The van der Waals surface area contributed by atoms with Gasteiger partial charge in [-0.1, -0.05) is 6.92 Å². The Labute approximate surface area is 117 Å². The van der Waals surface area contributed by atoms with E-state index in [2.05, 4.69) is 11.6 Å². The third kappa shape index (κ3) is 4.89. The summed E-state index contributed by atoms with van der Waals surface area (Å²) in [4.78, 5) is 0. The van der Waals surface area contributed by atoms with Crippen LogP contribution in [-0.4, -0.2) is 26.0 Å². The molecule has 0 aliphatic heterocycles. The number of hydrogen-bond donors (Lipinski definition) is 2. The van der Waals surface area contributed by atoms with Crippen LogP contribution in [0.3, 0.4) is 0 Å². The molecule has 1 aromatic rings. The van der Waals surface area contributed by atoms with Crippen LogP contribution in [0.15, 0.2) is 15.7 Å². The van der Waals surface area contributed by atoms with Gasteiger partial charge in [-0.2, -0.15) is 11.8 Å². The van der Waals surface area contributed by atoms with Crippen LogP contribution in [-0.2, 0) is 16.6 Å². The lowest BCUT2D eigenvalue weighted by atomic mass is 10.3. The number of nitrogens with two attached hydrogens (primary N) is 1. The highest BCUT2D eigenvalue weighted by Crippen LogP contribution is 2.20. The molecule has 0 saturated heterocycles. The number of hydrogen-bond acceptors (Lipinski definition) is 5. The van der Waals surface area contributed by atoms with Crippen LogP contribution in [0.5, 0.6) is 0 Å². The highest BCUT2D eigenvalue weighted by atomic mass is 32.2. The van der Waals surface area contributed by atoms with Gasteiger partial charge in [0.15, 0.2) is 0 Å². The van der Waals surface area contributed by atoms with E-state index in [-0.39, 0.29) is 6.04 Å². The number of sulfonamides is 1. The van der Waals surface area contributed by atoms with Crippen LogP contribution in [0.2, 0.25) is 0 Å². The maximum absolute atomic E-state index is 12.1. The smallest absolute Gasteiger partial charge is 0.250 e. The van der Waals surface area contributed by atoms with Crippen molar-refractivity contribution in [1.29, 1.82) is 0 Å². The summed E-state index contributed by atoms with van der Waals surface area (Å²) >= 11 is 3.03. The van der Waals surface area contributed by atoms with Crippen molar-refractivity contribution >= 4 is 33.1 Å². The summed E-state index contributed by atoms with van der Waals surface area (Å²) in [6, 6.07) is 1.60. The molecule has 0 bridgehead atoms. The van der Waals surface area contributed by atoms with E-state index in [0.717, 1.165) is 23.5 Å². The Morgan fingerprint density at radius 2 is 2.28 bits per heavy atom. The lowest BCUT2D eigenvalue weighted by molar-refractivity contribution is 0.559. The van der Waals surface area contributed by atoms with E-state index in [1.54, 1.807) is 11.4 Å². The Kier molecular flexibility index (Phi) is 6.65. The van der Waals surface area contributed by atoms with Crippen LogP contribution in [0.1, 0.15) is 25.8 Å². The monoisotopic (exact) mass is 308 g/mol. The SMILES string of the molecule is CCSCCC(C)NS(=O)(=O)c1cc(CN)cs1. The van der Waals surface area contributed by atoms with Crippen molar-refractivity contribution in [3.63, 3.8) is 0 Å². The lowest BCUT2D eigenvalue weighted by Gasteiger charge is -2.12. The molecule has 7 heteroatoms. The van der Waals surface area contributed by atoms with Gasteiger partial charge >= 0.3 is 0 Å². The van der Waals surface area contributed by atoms with Gasteiger partial charge in [0.25, 0.3) is 0 Å². The van der Waals surface area contributed by atoms with Gasteiger partial charge in [-0.15, -0.1) is 11.3 Å². The number of rotatable bonds is 8. The Morgan fingerprint density at radius 1 is 1.56 bits per heavy atom. The molecule has 1 aromatic heterocycles. The highest BCUT2D eigenvalue weighted by Gasteiger charge is 2.19. The zero-order valence-electron chi connectivity index (χ0n) is 10.7. The second-order valence-corrected chi connectivity index (χ2v) is 8.23. The standard InChI is InChI=1S/C11H20N2O2S3/c1-3-16-5-4-9(2)13-18(14,15)11-6-10(7-12)8-17-11/h6,8-9,13H,3-5,7,12H2,1-2H3. The molecule has 0 radical (unpaired) electrons. The normalized spacial score (nSPS) is 13.7. The third-order valence-corrected chi connectivity index (χ3v) is 6.40. The van der Waals surface area contributed by atoms with Crippen molar-refractivity contribution in [2.45, 2.75) is 37.1 Å². The molecule has 1 atom stereocenters. The van der Waals surface area contributed by atoms with Gasteiger partial charge in [0, 0.05) is 12.6 Å². The summed E-state index contributed by atoms with van der Waals surface area (Å²) in [7, 11) is -3.38. The van der Waals surface area contributed by atoms with Gasteiger partial charge in [-0.3, -0.25) is 0 Å². The van der Waals surface area contributed by atoms with E-state index >= 15 is 0 Å². The maximum atomic E-state index is 12.1. The zero-order valence-corrected chi connectivity index (χ0v) is 13.1. The fourth-order valence-corrected chi connectivity index (χ4v) is 4.71. The second kappa shape index (κ2) is 7.49. The fourth-order valence-electron chi connectivity index (χ4n) is 1.39. The van der Waals surface area contributed by atoms with Gasteiger partial charge in [-0.05, 0) is 41.9 Å². The first-order valence-electron chi connectivity index (χ1n) is 5.87. The van der Waals surface area contributed by atoms with Crippen molar-refractivity contribution in [3.8, 4) is 0 Å². The van der Waals surface area contributed by atoms with E-state index in [1.807, 2.05) is 18.7 Å². The number of thioether (sulfide) groups is 1. The fraction of sp³-hybridized carbons (Fsp3) is 0.636. The predicted molar refractivity (Wildman–Crippen MR) is 79.6 cm³/mol. The molecule has 104 valence electrons. The van der Waals surface area contributed by atoms with Crippen LogP contribution in [0.4, 0.5) is 0 Å². The Balaban J connectivity index is 2.58. The van der Waals surface area contributed by atoms with E-state index < -0.39 is 10.0 Å². The molecule has 0 aliphatic carbocycles. The van der Waals surface area contributed by atoms with Crippen LogP contribution in [0, 0.1) is 0 Å². The molecule has 0 aliphatic rings. The zero-order chi connectivity index (χ0) is 13.6. The topological polar surface area (TPSA) is 72.2 Å². The molecule has 1 rings (SSSR count). The van der Waals surface area contributed by atoms with Gasteiger partial charge in [0.2, 0.25) is 10.0 Å². The largest absolute Gasteiger partial charge is 0.326 e. The number of nitrogens with one attached hydrogen (secondary N) is 1. The second-order valence-electron chi connectivity index (χ2n) is 3.99. The average Bonchev–Trinajstić information content (AvgIpc) is 2.78. The molecule has 1 heterocycles. The Morgan fingerprint density at radius 3 is 2.83 bits per heavy atom. The summed E-state index contributed by atoms with van der Waals surface area (Å²) in [5, 5.41) is 1.78. The molecule has 0 fully saturated rings. The molecule has 1 unspecified atom stereocenters. The van der Waals surface area contributed by atoms with Crippen LogP contribution < -0.4 is 10.5 Å². The predicted octanol–water partition coefficient (Wildman–Crippen LogP) is 2.02. The third-order valence-electron chi connectivity index (χ3n) is 2.39. The summed E-state index contributed by atoms with van der Waals surface area (Å²) in [6.07, 6.45) is 0.840. The quantitative estimate of drug-likeness (QED) is 0.721. The van der Waals surface area contributed by atoms with E-state index in [1.165, 1.54) is 11.3 Å². The van der Waals surface area contributed by atoms with E-state index in [4.69, 9.17) is 5.73 Å². The molecule has 0 saturated carbocycles. The maximum Gasteiger partial charge on any atom is 0.250 e. The first-order valence-corrected chi connectivity index (χ1v) is 9.39. The summed E-state index contributed by atoms with van der Waals surface area (Å²) < 4.78 is 27.2. The molecule has 18 heavy (non-hydrogen) atoms. The van der Waals surface area contributed by atoms with Crippen molar-refractivity contribution in [2.24, 2.45) is 5.73 Å². The van der Waals surface area contributed by atoms with Gasteiger partial charge in [0.05, 0.1) is 0 Å². The van der Waals surface area contributed by atoms with Crippen molar-refractivity contribution in [1.82, 2.24) is 4.72 Å². The molecule has 3 N–H and O–H groups in total. The molecular weight excluding hydrogens is 288 g/mol. The minimum absolute atomic E-state index is 0.0440. The van der Waals surface area contributed by atoms with Crippen molar-refractivity contribution in [2.75, 3.05) is 11.5 Å². The molecular formula is C11H20N2O2S3. The summed E-state index contributed by atoms with van der Waals surface area (Å²) in [6.45, 7) is 4.36. The van der Waals surface area contributed by atoms with E-state index in [9.17, 15) is 8.42 Å². The molecule has 4 nitrogen and oxygen atoms in total. The van der Waals surface area contributed by atoms with Crippen molar-refractivity contribution < 1.29 is 8.42 Å². The molecule has 0 amide bonds. The van der Waals surface area contributed by atoms with Gasteiger partial charge in [0.1, 0.15) is 4.21 Å². The minimum Gasteiger partial charge on any atom is -0.326 e. The number of thiophene rings is 1. The first-order chi connectivity index (χ1) is 8.49. The molecule has 0 spiro atoms. The van der Waals surface area contributed by atoms with Gasteiger partial charge in [-0.25, -0.2) is 13.1 Å².